The maximum atomic E-state index is 14.3. The average Bonchev–Trinajstić information content (AvgIpc) is 3.55. The first kappa shape index (κ1) is 22.5. The zero-order chi connectivity index (χ0) is 24.0. The summed E-state index contributed by atoms with van der Waals surface area (Å²) in [6, 6.07) is 21.3. The van der Waals surface area contributed by atoms with Gasteiger partial charge in [-0.1, -0.05) is 41.6 Å². The minimum absolute atomic E-state index is 0.183. The third-order valence-corrected chi connectivity index (χ3v) is 6.04. The smallest absolute Gasteiger partial charge is 0.235 e. The second-order valence-corrected chi connectivity index (χ2v) is 8.51. The van der Waals surface area contributed by atoms with E-state index in [-0.39, 0.29) is 24.0 Å². The first-order valence-corrected chi connectivity index (χ1v) is 11.7. The summed E-state index contributed by atoms with van der Waals surface area (Å²) < 4.78 is 20.9. The molecule has 0 aliphatic carbocycles. The maximum absolute atomic E-state index is 14.3. The van der Waals surface area contributed by atoms with E-state index in [1.165, 1.54) is 24.1 Å². The summed E-state index contributed by atoms with van der Waals surface area (Å²) in [5, 5.41) is 11.4. The molecule has 0 aliphatic heterocycles. The van der Waals surface area contributed by atoms with E-state index in [1.54, 1.807) is 47.3 Å². The lowest BCUT2D eigenvalue weighted by Crippen LogP contribution is -2.15. The normalized spacial score (nSPS) is 10.9. The van der Waals surface area contributed by atoms with Crippen molar-refractivity contribution < 1.29 is 13.7 Å². The number of amides is 1. The van der Waals surface area contributed by atoms with Gasteiger partial charge in [0, 0.05) is 22.7 Å². The Morgan fingerprint density at radius 3 is 2.66 bits per heavy atom. The predicted octanol–water partition coefficient (Wildman–Crippen LogP) is 4.91. The van der Waals surface area contributed by atoms with Crippen LogP contribution in [0.15, 0.2) is 94.7 Å². The molecule has 3 aromatic heterocycles. The highest BCUT2D eigenvalue weighted by atomic mass is 32.2. The SMILES string of the molecule is O=C(CSc1ccccc1)Nc1ccnc(-c2cc(-c3ccon3)n(Cc3ccccc3F)n2)n1. The van der Waals surface area contributed by atoms with Crippen LogP contribution in [0.4, 0.5) is 10.2 Å². The van der Waals surface area contributed by atoms with Crippen LogP contribution < -0.4 is 5.32 Å². The number of nitrogens with one attached hydrogen (secondary N) is 1. The molecule has 0 spiro atoms. The first-order valence-electron chi connectivity index (χ1n) is 10.7. The third kappa shape index (κ3) is 5.44. The molecule has 5 aromatic rings. The number of carbonyl (C=O) groups excluding carboxylic acids is 1. The lowest BCUT2D eigenvalue weighted by atomic mass is 10.2. The molecule has 0 radical (unpaired) electrons. The van der Waals surface area contributed by atoms with Gasteiger partial charge in [0.25, 0.3) is 0 Å². The molecule has 0 atom stereocenters. The van der Waals surface area contributed by atoms with E-state index in [0.29, 0.717) is 34.3 Å². The van der Waals surface area contributed by atoms with Crippen molar-refractivity contribution in [2.45, 2.75) is 11.4 Å². The summed E-state index contributed by atoms with van der Waals surface area (Å²) in [5.74, 6) is 0.411. The standard InChI is InChI=1S/C25H19FN6O2S/c26-19-9-5-4-6-17(19)15-32-22(20-11-13-34-31-20)14-21(30-32)25-27-12-10-23(29-25)28-24(33)16-35-18-7-2-1-3-8-18/h1-14H,15-16H2,(H,27,28,29,33). The van der Waals surface area contributed by atoms with Crippen LogP contribution in [0.5, 0.6) is 0 Å². The molecule has 0 fully saturated rings. The van der Waals surface area contributed by atoms with Gasteiger partial charge >= 0.3 is 0 Å². The molecular weight excluding hydrogens is 467 g/mol. The van der Waals surface area contributed by atoms with Gasteiger partial charge in [-0.3, -0.25) is 9.48 Å². The van der Waals surface area contributed by atoms with Gasteiger partial charge in [-0.05, 0) is 30.3 Å². The predicted molar refractivity (Wildman–Crippen MR) is 130 cm³/mol. The molecule has 0 saturated heterocycles. The van der Waals surface area contributed by atoms with Gasteiger partial charge in [-0.15, -0.1) is 11.8 Å². The van der Waals surface area contributed by atoms with Crippen LogP contribution in [0.1, 0.15) is 5.56 Å². The quantitative estimate of drug-likeness (QED) is 0.311. The highest BCUT2D eigenvalue weighted by Crippen LogP contribution is 2.25. The Morgan fingerprint density at radius 2 is 1.86 bits per heavy atom. The molecule has 0 unspecified atom stereocenters. The van der Waals surface area contributed by atoms with Gasteiger partial charge < -0.3 is 9.84 Å². The van der Waals surface area contributed by atoms with Crippen LogP contribution in [-0.4, -0.2) is 36.6 Å². The topological polar surface area (TPSA) is 98.7 Å². The minimum atomic E-state index is -0.329. The molecule has 0 saturated carbocycles. The lowest BCUT2D eigenvalue weighted by Gasteiger charge is -2.07. The molecule has 5 rings (SSSR count). The van der Waals surface area contributed by atoms with Gasteiger partial charge in [-0.25, -0.2) is 14.4 Å². The van der Waals surface area contributed by atoms with Crippen LogP contribution >= 0.6 is 11.8 Å². The van der Waals surface area contributed by atoms with Gasteiger partial charge in [0.05, 0.1) is 18.0 Å². The fraction of sp³-hybridized carbons (Fsp3) is 0.0800. The lowest BCUT2D eigenvalue weighted by molar-refractivity contribution is -0.113. The van der Waals surface area contributed by atoms with Crippen LogP contribution in [0.25, 0.3) is 22.9 Å². The number of aromatic nitrogens is 5. The number of rotatable bonds is 8. The van der Waals surface area contributed by atoms with Gasteiger partial charge in [0.2, 0.25) is 5.91 Å². The Bertz CT molecular complexity index is 1440. The number of carbonyl (C=O) groups is 1. The van der Waals surface area contributed by atoms with Crippen molar-refractivity contribution in [3.63, 3.8) is 0 Å². The number of nitrogens with zero attached hydrogens (tertiary/aromatic N) is 5. The van der Waals surface area contributed by atoms with Crippen molar-refractivity contribution in [3.05, 3.63) is 96.6 Å². The number of hydrogen-bond donors (Lipinski definition) is 1. The highest BCUT2D eigenvalue weighted by molar-refractivity contribution is 8.00. The number of benzene rings is 2. The van der Waals surface area contributed by atoms with Crippen LogP contribution in [0.2, 0.25) is 0 Å². The maximum Gasteiger partial charge on any atom is 0.235 e. The molecule has 35 heavy (non-hydrogen) atoms. The Kier molecular flexibility index (Phi) is 6.62. The molecule has 1 amide bonds. The van der Waals surface area contributed by atoms with Gasteiger partial charge in [-0.2, -0.15) is 5.10 Å². The molecule has 8 nitrogen and oxygen atoms in total. The second-order valence-electron chi connectivity index (χ2n) is 7.46. The fourth-order valence-corrected chi connectivity index (χ4v) is 4.10. The van der Waals surface area contributed by atoms with Crippen molar-refractivity contribution in [2.75, 3.05) is 11.1 Å². The Hall–Kier alpha value is -4.31. The summed E-state index contributed by atoms with van der Waals surface area (Å²) in [6.45, 7) is 0.183. The highest BCUT2D eigenvalue weighted by Gasteiger charge is 2.17. The van der Waals surface area contributed by atoms with Gasteiger partial charge in [0.1, 0.15) is 29.3 Å². The van der Waals surface area contributed by atoms with E-state index in [9.17, 15) is 9.18 Å². The summed E-state index contributed by atoms with van der Waals surface area (Å²) in [7, 11) is 0. The second kappa shape index (κ2) is 10.3. The largest absolute Gasteiger partial charge is 0.364 e. The van der Waals surface area contributed by atoms with Crippen molar-refractivity contribution in [1.29, 1.82) is 0 Å². The fourth-order valence-electron chi connectivity index (χ4n) is 3.38. The van der Waals surface area contributed by atoms with Crippen LogP contribution in [0.3, 0.4) is 0 Å². The molecule has 3 heterocycles. The van der Waals surface area contributed by atoms with Crippen LogP contribution in [0, 0.1) is 5.82 Å². The van der Waals surface area contributed by atoms with Crippen molar-refractivity contribution in [1.82, 2.24) is 24.9 Å². The summed E-state index contributed by atoms with van der Waals surface area (Å²) in [6.07, 6.45) is 3.00. The third-order valence-electron chi connectivity index (χ3n) is 5.02. The van der Waals surface area contributed by atoms with Crippen molar-refractivity contribution in [3.8, 4) is 22.9 Å². The van der Waals surface area contributed by atoms with Crippen LogP contribution in [-0.2, 0) is 11.3 Å². The van der Waals surface area contributed by atoms with E-state index >= 15 is 0 Å². The Labute approximate surface area is 204 Å². The number of hydrogen-bond acceptors (Lipinski definition) is 7. The molecule has 2 aromatic carbocycles. The molecule has 0 bridgehead atoms. The summed E-state index contributed by atoms with van der Waals surface area (Å²) in [4.78, 5) is 22.2. The molecule has 1 N–H and O–H groups in total. The van der Waals surface area contributed by atoms with Gasteiger partial charge in [0.15, 0.2) is 5.82 Å². The van der Waals surface area contributed by atoms with E-state index < -0.39 is 0 Å². The molecule has 174 valence electrons. The van der Waals surface area contributed by atoms with E-state index in [1.807, 2.05) is 30.3 Å². The first-order chi connectivity index (χ1) is 17.2. The van der Waals surface area contributed by atoms with Crippen molar-refractivity contribution in [2.24, 2.45) is 0 Å². The van der Waals surface area contributed by atoms with Crippen molar-refractivity contribution >= 4 is 23.5 Å². The zero-order valence-electron chi connectivity index (χ0n) is 18.3. The molecule has 0 aliphatic rings. The monoisotopic (exact) mass is 486 g/mol. The zero-order valence-corrected chi connectivity index (χ0v) is 19.2. The Morgan fingerprint density at radius 1 is 1.03 bits per heavy atom. The molecular formula is C25H19FN6O2S. The minimum Gasteiger partial charge on any atom is -0.364 e. The van der Waals surface area contributed by atoms with E-state index in [0.717, 1.165) is 4.90 Å². The number of halogens is 1. The van der Waals surface area contributed by atoms with E-state index in [4.69, 9.17) is 4.52 Å². The van der Waals surface area contributed by atoms with E-state index in [2.05, 4.69) is 25.5 Å². The number of thioether (sulfide) groups is 1. The number of anilines is 1. The Balaban J connectivity index is 1.37. The molecule has 10 heteroatoms. The summed E-state index contributed by atoms with van der Waals surface area (Å²) >= 11 is 1.44. The summed E-state index contributed by atoms with van der Waals surface area (Å²) in [5.41, 5.74) is 2.09. The average molecular weight is 487 g/mol.